The molecule has 0 radical (unpaired) electrons. The highest BCUT2D eigenvalue weighted by Crippen LogP contribution is 2.45. The topological polar surface area (TPSA) is 77.0 Å². The third kappa shape index (κ3) is 4.11. The number of anilines is 1. The van der Waals surface area contributed by atoms with Crippen molar-refractivity contribution in [3.8, 4) is 0 Å². The van der Waals surface area contributed by atoms with Crippen LogP contribution in [0.15, 0.2) is 39.4 Å². The largest absolute Gasteiger partial charge is 0.467 e. The van der Waals surface area contributed by atoms with Crippen molar-refractivity contribution in [1.82, 2.24) is 9.97 Å². The molecule has 1 aliphatic rings. The highest BCUT2D eigenvalue weighted by atomic mass is 79.9. The molecule has 3 heterocycles. The van der Waals surface area contributed by atoms with E-state index in [0.717, 1.165) is 45.5 Å². The lowest BCUT2D eigenvalue weighted by Crippen LogP contribution is -2.01. The lowest BCUT2D eigenvalue weighted by Gasteiger charge is -2.16. The van der Waals surface area contributed by atoms with Crippen molar-refractivity contribution in [1.29, 1.82) is 0 Å². The molecule has 138 valence electrons. The monoisotopic (exact) mass is 454 g/mol. The molecule has 0 saturated carbocycles. The number of nitrogens with two attached hydrogens (primary N) is 1. The molecule has 3 aromatic heterocycles. The number of fused-ring (bicyclic) bond motifs is 1. The van der Waals surface area contributed by atoms with E-state index in [2.05, 4.69) is 49.1 Å². The maximum atomic E-state index is 6.14. The molecule has 8 heteroatoms. The number of allylic oxidation sites excluding steroid dienone is 2. The first-order chi connectivity index (χ1) is 12.7. The Morgan fingerprint density at radius 1 is 1.38 bits per heavy atom. The standard InChI is InChI=1S/C17H15BrClN3OS.CH5N/c18-12-13-15(24-14(12)10-5-2-1-3-6-10)16(22-17(19)21-13)20-9-11-7-4-8-23-11;1-2/h1-2,4,7-8,10H,3,5-6,9H2,(H,20,21,22);2H2,1H3. The number of furan rings is 1. The number of hydrogen-bond acceptors (Lipinski definition) is 6. The van der Waals surface area contributed by atoms with E-state index >= 15 is 0 Å². The number of rotatable bonds is 4. The molecule has 0 fully saturated rings. The van der Waals surface area contributed by atoms with Crippen molar-refractivity contribution in [3.63, 3.8) is 0 Å². The van der Waals surface area contributed by atoms with Crippen LogP contribution in [0.2, 0.25) is 5.28 Å². The highest BCUT2D eigenvalue weighted by molar-refractivity contribution is 9.10. The van der Waals surface area contributed by atoms with E-state index in [4.69, 9.17) is 16.0 Å². The van der Waals surface area contributed by atoms with Crippen LogP contribution in [-0.4, -0.2) is 17.0 Å². The van der Waals surface area contributed by atoms with Gasteiger partial charge in [-0.05, 0) is 71.9 Å². The van der Waals surface area contributed by atoms with Crippen LogP contribution in [0.1, 0.15) is 35.8 Å². The summed E-state index contributed by atoms with van der Waals surface area (Å²) in [6.45, 7) is 0.562. The van der Waals surface area contributed by atoms with Gasteiger partial charge in [-0.2, -0.15) is 4.98 Å². The molecule has 0 aliphatic heterocycles. The molecule has 4 rings (SSSR count). The summed E-state index contributed by atoms with van der Waals surface area (Å²) in [4.78, 5) is 10.1. The summed E-state index contributed by atoms with van der Waals surface area (Å²) in [5.74, 6) is 2.14. The van der Waals surface area contributed by atoms with Crippen LogP contribution < -0.4 is 11.1 Å². The Morgan fingerprint density at radius 3 is 2.92 bits per heavy atom. The molecule has 0 saturated heterocycles. The predicted octanol–water partition coefficient (Wildman–Crippen LogP) is 5.71. The minimum atomic E-state index is 0.248. The zero-order valence-corrected chi connectivity index (χ0v) is 17.5. The summed E-state index contributed by atoms with van der Waals surface area (Å²) in [6.07, 6.45) is 9.54. The van der Waals surface area contributed by atoms with Gasteiger partial charge in [0.1, 0.15) is 17.1 Å². The van der Waals surface area contributed by atoms with E-state index in [9.17, 15) is 0 Å². The van der Waals surface area contributed by atoms with Crippen LogP contribution in [0.3, 0.4) is 0 Å². The summed E-state index contributed by atoms with van der Waals surface area (Å²) in [5, 5.41) is 3.57. The molecule has 3 aromatic rings. The molecule has 5 nitrogen and oxygen atoms in total. The van der Waals surface area contributed by atoms with Crippen LogP contribution in [0.4, 0.5) is 5.82 Å². The van der Waals surface area contributed by atoms with Crippen LogP contribution >= 0.6 is 38.9 Å². The third-order valence-electron chi connectivity index (χ3n) is 4.12. The van der Waals surface area contributed by atoms with Gasteiger partial charge in [-0.1, -0.05) is 12.2 Å². The Morgan fingerprint density at radius 2 is 2.23 bits per heavy atom. The first-order valence-electron chi connectivity index (χ1n) is 8.37. The highest BCUT2D eigenvalue weighted by Gasteiger charge is 2.23. The Balaban J connectivity index is 0.000000948. The third-order valence-corrected chi connectivity index (χ3v) is 6.71. The maximum absolute atomic E-state index is 6.14. The lowest BCUT2D eigenvalue weighted by atomic mass is 9.93. The van der Waals surface area contributed by atoms with Crippen molar-refractivity contribution in [2.24, 2.45) is 5.73 Å². The quantitative estimate of drug-likeness (QED) is 0.389. The zero-order chi connectivity index (χ0) is 18.5. The summed E-state index contributed by atoms with van der Waals surface area (Å²) < 4.78 is 7.45. The van der Waals surface area contributed by atoms with Crippen molar-refractivity contribution >= 4 is 54.9 Å². The number of nitrogens with one attached hydrogen (secondary N) is 1. The summed E-state index contributed by atoms with van der Waals surface area (Å²) >= 11 is 11.6. The van der Waals surface area contributed by atoms with Gasteiger partial charge in [-0.15, -0.1) is 11.3 Å². The van der Waals surface area contributed by atoms with Crippen molar-refractivity contribution < 1.29 is 4.42 Å². The molecule has 0 spiro atoms. The summed E-state index contributed by atoms with van der Waals surface area (Å²) in [6, 6.07) is 3.80. The first kappa shape index (κ1) is 19.4. The SMILES string of the molecule is CN.Clc1nc(NCc2ccco2)c2sc(C3CC=CCC3)c(Br)c2n1. The molecular formula is C18H20BrClN4OS. The maximum Gasteiger partial charge on any atom is 0.225 e. The van der Waals surface area contributed by atoms with E-state index in [0.29, 0.717) is 12.5 Å². The summed E-state index contributed by atoms with van der Waals surface area (Å²) in [5.41, 5.74) is 5.38. The fraction of sp³-hybridized carbons (Fsp3) is 0.333. The van der Waals surface area contributed by atoms with E-state index in [-0.39, 0.29) is 5.28 Å². The van der Waals surface area contributed by atoms with Gasteiger partial charge in [-0.25, -0.2) is 4.98 Å². The predicted molar refractivity (Wildman–Crippen MR) is 112 cm³/mol. The zero-order valence-electron chi connectivity index (χ0n) is 14.3. The molecule has 26 heavy (non-hydrogen) atoms. The van der Waals surface area contributed by atoms with Gasteiger partial charge in [0.2, 0.25) is 5.28 Å². The molecule has 0 bridgehead atoms. The minimum absolute atomic E-state index is 0.248. The second kappa shape index (κ2) is 8.99. The van der Waals surface area contributed by atoms with Gasteiger partial charge in [0, 0.05) is 4.88 Å². The average molecular weight is 456 g/mol. The molecule has 1 aliphatic carbocycles. The Hall–Kier alpha value is -1.41. The second-order valence-electron chi connectivity index (χ2n) is 5.71. The van der Waals surface area contributed by atoms with E-state index < -0.39 is 0 Å². The fourth-order valence-corrected chi connectivity index (χ4v) is 5.34. The van der Waals surface area contributed by atoms with E-state index in [1.807, 2.05) is 12.1 Å². The smallest absolute Gasteiger partial charge is 0.225 e. The second-order valence-corrected chi connectivity index (χ2v) is 7.90. The molecular weight excluding hydrogens is 436 g/mol. The summed E-state index contributed by atoms with van der Waals surface area (Å²) in [7, 11) is 1.50. The van der Waals surface area contributed by atoms with Crippen molar-refractivity contribution in [2.45, 2.75) is 31.7 Å². The average Bonchev–Trinajstić information content (AvgIpc) is 3.31. The number of hydrogen-bond donors (Lipinski definition) is 2. The van der Waals surface area contributed by atoms with E-state index in [1.54, 1.807) is 17.6 Å². The lowest BCUT2D eigenvalue weighted by molar-refractivity contribution is 0.518. The Bertz CT molecular complexity index is 894. The normalized spacial score (nSPS) is 16.4. The van der Waals surface area contributed by atoms with Crippen molar-refractivity contribution in [3.05, 3.63) is 50.9 Å². The van der Waals surface area contributed by atoms with Gasteiger partial charge in [-0.3, -0.25) is 0 Å². The molecule has 1 unspecified atom stereocenters. The molecule has 0 amide bonds. The van der Waals surface area contributed by atoms with Crippen LogP contribution in [0.5, 0.6) is 0 Å². The van der Waals surface area contributed by atoms with Crippen LogP contribution in [-0.2, 0) is 6.54 Å². The fourth-order valence-electron chi connectivity index (χ4n) is 2.94. The van der Waals surface area contributed by atoms with Crippen molar-refractivity contribution in [2.75, 3.05) is 12.4 Å². The van der Waals surface area contributed by atoms with Gasteiger partial charge >= 0.3 is 0 Å². The van der Waals surface area contributed by atoms with Crippen LogP contribution in [0, 0.1) is 0 Å². The molecule has 3 N–H and O–H groups in total. The first-order valence-corrected chi connectivity index (χ1v) is 10.4. The Kier molecular flexibility index (Phi) is 6.69. The van der Waals surface area contributed by atoms with E-state index in [1.165, 1.54) is 11.9 Å². The number of halogens is 2. The van der Waals surface area contributed by atoms with Gasteiger partial charge in [0.05, 0.1) is 22.0 Å². The number of thiophene rings is 1. The van der Waals surface area contributed by atoms with Gasteiger partial charge < -0.3 is 15.5 Å². The number of aromatic nitrogens is 2. The molecule has 1 atom stereocenters. The van der Waals surface area contributed by atoms with Crippen LogP contribution in [0.25, 0.3) is 10.2 Å². The van der Waals surface area contributed by atoms with Gasteiger partial charge in [0.25, 0.3) is 0 Å². The number of nitrogens with zero attached hydrogens (tertiary/aromatic N) is 2. The molecule has 0 aromatic carbocycles. The minimum Gasteiger partial charge on any atom is -0.467 e. The Labute approximate surface area is 169 Å². The van der Waals surface area contributed by atoms with Gasteiger partial charge in [0.15, 0.2) is 0 Å².